The third-order valence-electron chi connectivity index (χ3n) is 7.72. The number of hydrogen-bond donors (Lipinski definition) is 2. The van der Waals surface area contributed by atoms with E-state index in [1.165, 1.54) is 18.2 Å². The Bertz CT molecular complexity index is 1430. The quantitative estimate of drug-likeness (QED) is 0.301. The molecular formula is C29H38ClF4N3O5S. The molecule has 0 unspecified atom stereocenters. The molecule has 14 heteroatoms. The van der Waals surface area contributed by atoms with Crippen LogP contribution in [0.25, 0.3) is 11.3 Å². The topological polar surface area (TPSA) is 98.7 Å². The monoisotopic (exact) mass is 651 g/mol. The van der Waals surface area contributed by atoms with Crippen molar-refractivity contribution in [1.29, 1.82) is 0 Å². The van der Waals surface area contributed by atoms with E-state index in [1.54, 1.807) is 32.3 Å². The van der Waals surface area contributed by atoms with Crippen molar-refractivity contribution in [1.82, 2.24) is 14.6 Å². The number of nitrogens with one attached hydrogen (secondary N) is 2. The number of halogens is 5. The van der Waals surface area contributed by atoms with Gasteiger partial charge in [-0.3, -0.25) is 4.79 Å². The third-order valence-corrected chi connectivity index (χ3v) is 10.0. The number of carbonyl (C=O) groups excluding carboxylic acids is 1. The molecule has 0 radical (unpaired) electrons. The number of amides is 1. The molecule has 1 aliphatic heterocycles. The summed E-state index contributed by atoms with van der Waals surface area (Å²) in [4.78, 5) is 13.0. The van der Waals surface area contributed by atoms with Gasteiger partial charge in [0.25, 0.3) is 5.91 Å². The average molecular weight is 652 g/mol. The van der Waals surface area contributed by atoms with Crippen LogP contribution in [0.15, 0.2) is 23.1 Å². The van der Waals surface area contributed by atoms with Crippen molar-refractivity contribution < 1.29 is 40.2 Å². The van der Waals surface area contributed by atoms with Crippen molar-refractivity contribution in [3.8, 4) is 17.0 Å². The second-order valence-corrected chi connectivity index (χ2v) is 14.3. The molecule has 240 valence electrons. The Morgan fingerprint density at radius 2 is 1.79 bits per heavy atom. The van der Waals surface area contributed by atoms with Gasteiger partial charge >= 0.3 is 6.61 Å². The predicted octanol–water partition coefficient (Wildman–Crippen LogP) is 6.53. The summed E-state index contributed by atoms with van der Waals surface area (Å²) in [7, 11) is -4.24. The summed E-state index contributed by atoms with van der Waals surface area (Å²) in [6.45, 7) is 4.46. The maximum Gasteiger partial charge on any atom is 0.387 e. The Kier molecular flexibility index (Phi) is 10.1. The highest BCUT2D eigenvalue weighted by Crippen LogP contribution is 2.44. The molecule has 2 N–H and O–H groups in total. The van der Waals surface area contributed by atoms with Crippen LogP contribution >= 0.6 is 11.6 Å². The molecule has 8 nitrogen and oxygen atoms in total. The van der Waals surface area contributed by atoms with E-state index < -0.39 is 43.8 Å². The van der Waals surface area contributed by atoms with E-state index >= 15 is 0 Å². The fourth-order valence-corrected chi connectivity index (χ4v) is 7.59. The van der Waals surface area contributed by atoms with Gasteiger partial charge in [0.2, 0.25) is 15.9 Å². The van der Waals surface area contributed by atoms with Gasteiger partial charge in [-0.1, -0.05) is 11.6 Å². The van der Waals surface area contributed by atoms with Gasteiger partial charge in [0.05, 0.1) is 11.3 Å². The zero-order chi connectivity index (χ0) is 31.7. The number of hydrogen-bond acceptors (Lipinski definition) is 5. The highest BCUT2D eigenvalue weighted by Gasteiger charge is 2.36. The first-order valence-corrected chi connectivity index (χ1v) is 16.1. The van der Waals surface area contributed by atoms with E-state index in [0.717, 1.165) is 0 Å². The molecule has 2 aliphatic rings. The highest BCUT2D eigenvalue weighted by atomic mass is 35.5. The lowest BCUT2D eigenvalue weighted by atomic mass is 9.86. The Hall–Kier alpha value is -2.35. The van der Waals surface area contributed by atoms with Gasteiger partial charge in [-0.05, 0) is 77.5 Å². The molecule has 1 saturated heterocycles. The van der Waals surface area contributed by atoms with Crippen molar-refractivity contribution in [3.63, 3.8) is 0 Å². The second-order valence-electron chi connectivity index (χ2n) is 12.3. The SMILES string of the molecule is Cc1c(C(=O)NC2CCOCC2)cc(-c2ccc(S(=O)(=O)NC(C)(C)C)c(Cl)c2OC(F)F)n1CC1CCC(F)(F)CC1. The molecule has 4 rings (SSSR count). The molecular weight excluding hydrogens is 614 g/mol. The summed E-state index contributed by atoms with van der Waals surface area (Å²) >= 11 is 6.47. The van der Waals surface area contributed by atoms with E-state index in [1.807, 2.05) is 0 Å². The van der Waals surface area contributed by atoms with E-state index in [-0.39, 0.29) is 66.9 Å². The second kappa shape index (κ2) is 12.9. The lowest BCUT2D eigenvalue weighted by molar-refractivity contribution is -0.0495. The van der Waals surface area contributed by atoms with Gasteiger partial charge in [-0.25, -0.2) is 21.9 Å². The highest BCUT2D eigenvalue weighted by molar-refractivity contribution is 7.89. The molecule has 0 bridgehead atoms. The molecule has 2 aromatic rings. The van der Waals surface area contributed by atoms with Crippen molar-refractivity contribution in [3.05, 3.63) is 34.5 Å². The molecule has 1 aliphatic carbocycles. The standard InChI is InChI=1S/C29H38ClF4N3O5S/c1-17-21(26(38)35-19-9-13-41-14-10-19)15-22(37(17)16-18-7-11-29(33,34)12-8-18)20-5-6-23(24(30)25(20)42-27(31)32)43(39,40)36-28(2,3)4/h5-6,15,18-19,27,36H,7-14,16H2,1-4H3,(H,35,38). The number of alkyl halides is 4. The molecule has 1 aromatic carbocycles. The normalized spacial score (nSPS) is 18.7. The Labute approximate surface area is 254 Å². The van der Waals surface area contributed by atoms with Crippen LogP contribution in [0.5, 0.6) is 5.75 Å². The Morgan fingerprint density at radius 3 is 2.37 bits per heavy atom. The van der Waals surface area contributed by atoms with Gasteiger partial charge in [0, 0.05) is 55.4 Å². The predicted molar refractivity (Wildman–Crippen MR) is 155 cm³/mol. The number of ether oxygens (including phenoxy) is 2. The summed E-state index contributed by atoms with van der Waals surface area (Å²) in [5.41, 5.74) is 0.196. The summed E-state index contributed by atoms with van der Waals surface area (Å²) in [6, 6.07) is 3.91. The molecule has 0 atom stereocenters. The lowest BCUT2D eigenvalue weighted by Gasteiger charge is -2.29. The van der Waals surface area contributed by atoms with Gasteiger partial charge in [-0.15, -0.1) is 0 Å². The van der Waals surface area contributed by atoms with E-state index in [4.69, 9.17) is 21.1 Å². The largest absolute Gasteiger partial charge is 0.432 e. The maximum absolute atomic E-state index is 13.9. The molecule has 2 fully saturated rings. The summed E-state index contributed by atoms with van der Waals surface area (Å²) in [5, 5.41) is 2.44. The van der Waals surface area contributed by atoms with Crippen molar-refractivity contribution in [2.45, 2.75) is 102 Å². The zero-order valence-corrected chi connectivity index (χ0v) is 26.2. The molecule has 0 spiro atoms. The number of nitrogens with zero attached hydrogens (tertiary/aromatic N) is 1. The summed E-state index contributed by atoms with van der Waals surface area (Å²) in [5.74, 6) is -3.86. The van der Waals surface area contributed by atoms with Crippen LogP contribution in [0.4, 0.5) is 17.6 Å². The molecule has 2 heterocycles. The van der Waals surface area contributed by atoms with Crippen LogP contribution in [-0.2, 0) is 21.3 Å². The van der Waals surface area contributed by atoms with Gasteiger partial charge in [0.15, 0.2) is 5.75 Å². The first-order valence-electron chi connectivity index (χ1n) is 14.3. The summed E-state index contributed by atoms with van der Waals surface area (Å²) < 4.78 is 95.8. The van der Waals surface area contributed by atoms with Gasteiger partial charge in [0.1, 0.15) is 9.92 Å². The number of benzene rings is 1. The number of rotatable bonds is 9. The number of sulfonamides is 1. The van der Waals surface area contributed by atoms with E-state index in [0.29, 0.717) is 31.7 Å². The molecule has 1 aromatic heterocycles. The average Bonchev–Trinajstić information content (AvgIpc) is 3.21. The number of aromatic nitrogens is 1. The van der Waals surface area contributed by atoms with Crippen LogP contribution in [0.2, 0.25) is 5.02 Å². The lowest BCUT2D eigenvalue weighted by Crippen LogP contribution is -2.40. The van der Waals surface area contributed by atoms with E-state index in [2.05, 4.69) is 10.0 Å². The van der Waals surface area contributed by atoms with E-state index in [9.17, 15) is 30.8 Å². The first kappa shape index (κ1) is 33.5. The fourth-order valence-electron chi connectivity index (χ4n) is 5.59. The van der Waals surface area contributed by atoms with Gasteiger partial charge < -0.3 is 19.4 Å². The van der Waals surface area contributed by atoms with Crippen LogP contribution in [0, 0.1) is 12.8 Å². The minimum absolute atomic E-state index is 0.0364. The fraction of sp³-hybridized carbons (Fsp3) is 0.621. The van der Waals surface area contributed by atoms with Crippen LogP contribution in [0.1, 0.15) is 75.3 Å². The molecule has 43 heavy (non-hydrogen) atoms. The van der Waals surface area contributed by atoms with Crippen LogP contribution in [0.3, 0.4) is 0 Å². The van der Waals surface area contributed by atoms with Gasteiger partial charge in [-0.2, -0.15) is 8.78 Å². The maximum atomic E-state index is 13.9. The minimum Gasteiger partial charge on any atom is -0.432 e. The number of carbonyl (C=O) groups is 1. The van der Waals surface area contributed by atoms with Crippen molar-refractivity contribution >= 4 is 27.5 Å². The van der Waals surface area contributed by atoms with Crippen LogP contribution in [-0.4, -0.2) is 56.2 Å². The molecule has 1 saturated carbocycles. The van der Waals surface area contributed by atoms with Crippen molar-refractivity contribution in [2.75, 3.05) is 13.2 Å². The molecule has 1 amide bonds. The zero-order valence-electron chi connectivity index (χ0n) is 24.6. The smallest absolute Gasteiger partial charge is 0.387 e. The Morgan fingerprint density at radius 1 is 1.16 bits per heavy atom. The third kappa shape index (κ3) is 8.23. The summed E-state index contributed by atoms with van der Waals surface area (Å²) in [6.07, 6.45) is 1.20. The van der Waals surface area contributed by atoms with Crippen LogP contribution < -0.4 is 14.8 Å². The minimum atomic E-state index is -4.24. The first-order chi connectivity index (χ1) is 20.0. The van der Waals surface area contributed by atoms with Crippen molar-refractivity contribution in [2.24, 2.45) is 5.92 Å². The Balaban J connectivity index is 1.82.